The zero-order valence-corrected chi connectivity index (χ0v) is 17.2. The van der Waals surface area contributed by atoms with E-state index in [4.69, 9.17) is 9.47 Å². The SMILES string of the molecule is COc1ccc(Br)cc1-c1[nH]c2ccc(Oc3ccccc3)cc2c1CC(=O)O. The second-order valence-electron chi connectivity index (χ2n) is 6.52. The summed E-state index contributed by atoms with van der Waals surface area (Å²) in [4.78, 5) is 15.0. The second-order valence-corrected chi connectivity index (χ2v) is 7.43. The van der Waals surface area contributed by atoms with E-state index in [9.17, 15) is 9.90 Å². The molecule has 146 valence electrons. The average molecular weight is 452 g/mol. The van der Waals surface area contributed by atoms with Gasteiger partial charge in [0, 0.05) is 20.9 Å². The number of methoxy groups -OCH3 is 1. The maximum absolute atomic E-state index is 11.6. The van der Waals surface area contributed by atoms with Crippen molar-refractivity contribution in [1.29, 1.82) is 0 Å². The molecule has 0 aliphatic heterocycles. The van der Waals surface area contributed by atoms with Crippen LogP contribution in [0.3, 0.4) is 0 Å². The quantitative estimate of drug-likeness (QED) is 0.375. The van der Waals surface area contributed by atoms with Crippen molar-refractivity contribution in [2.75, 3.05) is 7.11 Å². The third-order valence-electron chi connectivity index (χ3n) is 4.62. The summed E-state index contributed by atoms with van der Waals surface area (Å²) in [7, 11) is 1.60. The number of benzene rings is 3. The van der Waals surface area contributed by atoms with E-state index in [2.05, 4.69) is 20.9 Å². The molecule has 0 fully saturated rings. The topological polar surface area (TPSA) is 71.5 Å². The number of halogens is 1. The molecule has 0 saturated carbocycles. The van der Waals surface area contributed by atoms with E-state index < -0.39 is 5.97 Å². The highest BCUT2D eigenvalue weighted by molar-refractivity contribution is 9.10. The lowest BCUT2D eigenvalue weighted by molar-refractivity contribution is -0.136. The summed E-state index contributed by atoms with van der Waals surface area (Å²) in [6.07, 6.45) is -0.125. The van der Waals surface area contributed by atoms with Crippen LogP contribution in [0.2, 0.25) is 0 Å². The number of carboxylic acids is 1. The molecule has 4 aromatic rings. The molecule has 0 atom stereocenters. The van der Waals surface area contributed by atoms with Crippen molar-refractivity contribution >= 4 is 32.8 Å². The predicted molar refractivity (Wildman–Crippen MR) is 116 cm³/mol. The molecular formula is C23H18BrNO4. The van der Waals surface area contributed by atoms with Gasteiger partial charge in [-0.15, -0.1) is 0 Å². The van der Waals surface area contributed by atoms with Gasteiger partial charge in [-0.1, -0.05) is 34.1 Å². The Morgan fingerprint density at radius 1 is 1.03 bits per heavy atom. The first-order valence-corrected chi connectivity index (χ1v) is 9.77. The van der Waals surface area contributed by atoms with Crippen LogP contribution in [0.4, 0.5) is 0 Å². The van der Waals surface area contributed by atoms with Gasteiger partial charge < -0.3 is 19.6 Å². The summed E-state index contributed by atoms with van der Waals surface area (Å²) in [6, 6.07) is 20.7. The van der Waals surface area contributed by atoms with Gasteiger partial charge in [-0.2, -0.15) is 0 Å². The molecule has 4 rings (SSSR count). The first-order chi connectivity index (χ1) is 14.0. The Morgan fingerprint density at radius 3 is 2.55 bits per heavy atom. The number of nitrogens with one attached hydrogen (secondary N) is 1. The zero-order chi connectivity index (χ0) is 20.4. The lowest BCUT2D eigenvalue weighted by Crippen LogP contribution is -2.01. The molecule has 2 N–H and O–H groups in total. The van der Waals surface area contributed by atoms with E-state index >= 15 is 0 Å². The van der Waals surface area contributed by atoms with Crippen LogP contribution in [0.5, 0.6) is 17.2 Å². The number of H-pyrrole nitrogens is 1. The average Bonchev–Trinajstić information content (AvgIpc) is 3.06. The van der Waals surface area contributed by atoms with Gasteiger partial charge in [0.1, 0.15) is 17.2 Å². The van der Waals surface area contributed by atoms with E-state index in [0.29, 0.717) is 17.1 Å². The van der Waals surface area contributed by atoms with Crippen molar-refractivity contribution in [3.8, 4) is 28.5 Å². The van der Waals surface area contributed by atoms with Gasteiger partial charge in [0.05, 0.1) is 19.2 Å². The molecule has 0 unspecified atom stereocenters. The van der Waals surface area contributed by atoms with Crippen LogP contribution in [0.15, 0.2) is 71.2 Å². The number of aromatic nitrogens is 1. The smallest absolute Gasteiger partial charge is 0.307 e. The third-order valence-corrected chi connectivity index (χ3v) is 5.11. The molecule has 1 aromatic heterocycles. The highest BCUT2D eigenvalue weighted by atomic mass is 79.9. The molecule has 1 heterocycles. The van der Waals surface area contributed by atoms with E-state index in [1.54, 1.807) is 7.11 Å². The normalized spacial score (nSPS) is 10.8. The first-order valence-electron chi connectivity index (χ1n) is 8.98. The fraction of sp³-hybridized carbons (Fsp3) is 0.0870. The van der Waals surface area contributed by atoms with Crippen molar-refractivity contribution in [3.05, 3.63) is 76.8 Å². The predicted octanol–water partition coefficient (Wildman–Crippen LogP) is 6.03. The summed E-state index contributed by atoms with van der Waals surface area (Å²) < 4.78 is 12.3. The van der Waals surface area contributed by atoms with Gasteiger partial charge >= 0.3 is 5.97 Å². The number of hydrogen-bond acceptors (Lipinski definition) is 3. The van der Waals surface area contributed by atoms with E-state index in [0.717, 1.165) is 32.4 Å². The minimum absolute atomic E-state index is 0.125. The molecule has 0 radical (unpaired) electrons. The second kappa shape index (κ2) is 8.01. The summed E-state index contributed by atoms with van der Waals surface area (Å²) in [6.45, 7) is 0. The lowest BCUT2D eigenvalue weighted by atomic mass is 10.0. The number of para-hydroxylation sites is 1. The van der Waals surface area contributed by atoms with Gasteiger partial charge in [0.25, 0.3) is 0 Å². The van der Waals surface area contributed by atoms with Crippen molar-refractivity contribution < 1.29 is 19.4 Å². The molecule has 3 aromatic carbocycles. The molecule has 29 heavy (non-hydrogen) atoms. The summed E-state index contributed by atoms with van der Waals surface area (Å²) in [5, 5.41) is 10.3. The standard InChI is InChI=1S/C23H18BrNO4/c1-28-21-10-7-14(24)11-19(21)23-18(13-22(26)27)17-12-16(8-9-20(17)25-23)29-15-5-3-2-4-6-15/h2-12,25H,13H2,1H3,(H,26,27). The first kappa shape index (κ1) is 19.1. The van der Waals surface area contributed by atoms with Gasteiger partial charge in [-0.3, -0.25) is 4.79 Å². The zero-order valence-electron chi connectivity index (χ0n) is 15.6. The highest BCUT2D eigenvalue weighted by Crippen LogP contribution is 2.39. The molecule has 0 aliphatic carbocycles. The maximum atomic E-state index is 11.6. The maximum Gasteiger partial charge on any atom is 0.307 e. The molecule has 5 nitrogen and oxygen atoms in total. The van der Waals surface area contributed by atoms with Crippen molar-refractivity contribution in [3.63, 3.8) is 0 Å². The Hall–Kier alpha value is -3.25. The molecule has 0 bridgehead atoms. The largest absolute Gasteiger partial charge is 0.496 e. The van der Waals surface area contributed by atoms with Crippen molar-refractivity contribution in [2.45, 2.75) is 6.42 Å². The van der Waals surface area contributed by atoms with Crippen LogP contribution in [-0.2, 0) is 11.2 Å². The third kappa shape index (κ3) is 3.98. The van der Waals surface area contributed by atoms with E-state index in [-0.39, 0.29) is 6.42 Å². The summed E-state index contributed by atoms with van der Waals surface area (Å²) >= 11 is 3.48. The Bertz CT molecular complexity index is 1180. The van der Waals surface area contributed by atoms with Crippen LogP contribution in [0, 0.1) is 0 Å². The van der Waals surface area contributed by atoms with Crippen LogP contribution >= 0.6 is 15.9 Å². The Morgan fingerprint density at radius 2 is 1.83 bits per heavy atom. The Balaban J connectivity index is 1.87. The fourth-order valence-electron chi connectivity index (χ4n) is 3.36. The fourth-order valence-corrected chi connectivity index (χ4v) is 3.72. The molecule has 0 spiro atoms. The van der Waals surface area contributed by atoms with Crippen molar-refractivity contribution in [2.24, 2.45) is 0 Å². The van der Waals surface area contributed by atoms with E-state index in [1.807, 2.05) is 66.7 Å². The minimum Gasteiger partial charge on any atom is -0.496 e. The number of carbonyl (C=O) groups is 1. The number of hydrogen-bond donors (Lipinski definition) is 2. The molecule has 0 amide bonds. The van der Waals surface area contributed by atoms with E-state index in [1.165, 1.54) is 0 Å². The Labute approximate surface area is 176 Å². The van der Waals surface area contributed by atoms with Crippen molar-refractivity contribution in [1.82, 2.24) is 4.98 Å². The molecule has 0 saturated heterocycles. The molecular weight excluding hydrogens is 434 g/mol. The number of fused-ring (bicyclic) bond motifs is 1. The number of aliphatic carboxylic acids is 1. The van der Waals surface area contributed by atoms with Gasteiger partial charge in [0.2, 0.25) is 0 Å². The Kier molecular flexibility index (Phi) is 5.27. The number of aromatic amines is 1. The van der Waals surface area contributed by atoms with Crippen LogP contribution in [0.1, 0.15) is 5.56 Å². The van der Waals surface area contributed by atoms with Gasteiger partial charge in [0.15, 0.2) is 0 Å². The molecule has 0 aliphatic rings. The lowest BCUT2D eigenvalue weighted by Gasteiger charge is -2.10. The monoisotopic (exact) mass is 451 g/mol. The summed E-state index contributed by atoms with van der Waals surface area (Å²) in [5.74, 6) is 1.11. The van der Waals surface area contributed by atoms with Crippen LogP contribution in [-0.4, -0.2) is 23.2 Å². The minimum atomic E-state index is -0.907. The number of carboxylic acid groups (broad SMARTS) is 1. The van der Waals surface area contributed by atoms with Gasteiger partial charge in [-0.05, 0) is 54.1 Å². The highest BCUT2D eigenvalue weighted by Gasteiger charge is 2.19. The number of rotatable bonds is 6. The van der Waals surface area contributed by atoms with Crippen LogP contribution in [0.25, 0.3) is 22.2 Å². The summed E-state index contributed by atoms with van der Waals surface area (Å²) in [5.41, 5.74) is 3.03. The van der Waals surface area contributed by atoms with Gasteiger partial charge in [-0.25, -0.2) is 0 Å². The van der Waals surface area contributed by atoms with Crippen LogP contribution < -0.4 is 9.47 Å². The molecule has 6 heteroatoms. The number of ether oxygens (including phenoxy) is 2.